The molecule has 0 fully saturated rings. The van der Waals surface area contributed by atoms with E-state index in [9.17, 15) is 14.4 Å². The van der Waals surface area contributed by atoms with Gasteiger partial charge in [-0.05, 0) is 70.6 Å². The molecule has 0 spiro atoms. The molecule has 0 radical (unpaired) electrons. The predicted molar refractivity (Wildman–Crippen MR) is 157 cm³/mol. The first-order valence-electron chi connectivity index (χ1n) is 11.2. The number of hydrogen-bond acceptors (Lipinski definition) is 6. The fourth-order valence-corrected chi connectivity index (χ4v) is 5.05. The van der Waals surface area contributed by atoms with Crippen molar-refractivity contribution in [3.05, 3.63) is 101 Å². The normalized spacial score (nSPS) is 10.7. The number of rotatable bonds is 6. The summed E-state index contributed by atoms with van der Waals surface area (Å²) in [6, 6.07) is 17.0. The van der Waals surface area contributed by atoms with Gasteiger partial charge in [-0.1, -0.05) is 44.4 Å². The van der Waals surface area contributed by atoms with Crippen molar-refractivity contribution in [1.82, 2.24) is 14.7 Å². The van der Waals surface area contributed by atoms with Crippen molar-refractivity contribution in [3.8, 4) is 11.4 Å². The highest BCUT2D eigenvalue weighted by atomic mass is 127. The Balaban J connectivity index is 1.45. The van der Waals surface area contributed by atoms with Crippen molar-refractivity contribution in [2.45, 2.75) is 0 Å². The number of hydrogen-bond donors (Lipinski definition) is 3. The minimum atomic E-state index is -0.716. The molecule has 0 atom stereocenters. The number of benzene rings is 3. The molecule has 0 aliphatic rings. The van der Waals surface area contributed by atoms with E-state index in [-0.39, 0.29) is 11.7 Å². The molecule has 0 saturated carbocycles. The van der Waals surface area contributed by atoms with Crippen LogP contribution >= 0.6 is 38.5 Å². The summed E-state index contributed by atoms with van der Waals surface area (Å²) in [4.78, 5) is 43.1. The molecule has 5 rings (SSSR count). The number of carbonyl (C=O) groups excluding carboxylic acids is 2. The van der Waals surface area contributed by atoms with Crippen LogP contribution in [0.3, 0.4) is 0 Å². The third kappa shape index (κ3) is 5.30. The first-order chi connectivity index (χ1) is 18.7. The third-order valence-electron chi connectivity index (χ3n) is 5.82. The summed E-state index contributed by atoms with van der Waals surface area (Å²) >= 11 is 5.38. The third-order valence-corrected chi connectivity index (χ3v) is 7.18. The summed E-state index contributed by atoms with van der Waals surface area (Å²) < 4.78 is 7.65. The molecule has 0 saturated heterocycles. The molecule has 2 aromatic heterocycles. The van der Waals surface area contributed by atoms with Gasteiger partial charge >= 0.3 is 5.76 Å². The maximum atomic E-state index is 13.4. The summed E-state index contributed by atoms with van der Waals surface area (Å²) in [5.41, 5.74) is 11.8. The Kier molecular flexibility index (Phi) is 7.24. The quantitative estimate of drug-likeness (QED) is 0.0812. The maximum Gasteiger partial charge on any atom is 0.439 e. The second-order valence-corrected chi connectivity index (χ2v) is 10.3. The van der Waals surface area contributed by atoms with Crippen LogP contribution in [0, 0.1) is 3.57 Å². The average molecular weight is 699 g/mol. The van der Waals surface area contributed by atoms with Crippen molar-refractivity contribution in [2.24, 2.45) is 12.2 Å². The highest BCUT2D eigenvalue weighted by Gasteiger charge is 2.20. The number of fused-ring (bicyclic) bond motifs is 1. The predicted octanol–water partition coefficient (Wildman–Crippen LogP) is 6.34. The summed E-state index contributed by atoms with van der Waals surface area (Å²) in [7, 11) is 1.72. The van der Waals surface area contributed by atoms with Gasteiger partial charge in [-0.15, -0.1) is 0 Å². The number of amides is 2. The lowest BCUT2D eigenvalue weighted by atomic mass is 10.1. The number of carbonyl (C=O) groups is 2. The second kappa shape index (κ2) is 10.8. The molecular weight excluding hydrogens is 683 g/mol. The number of para-hydroxylation sites is 1. The number of anilines is 2. The van der Waals surface area contributed by atoms with E-state index in [1.807, 2.05) is 28.7 Å². The smallest absolute Gasteiger partial charge is 0.338 e. The second-order valence-electron chi connectivity index (χ2n) is 8.23. The first-order valence-corrected chi connectivity index (χ1v) is 13.0. The minimum absolute atomic E-state index is 0.167. The Morgan fingerprint density at radius 3 is 2.62 bits per heavy atom. The van der Waals surface area contributed by atoms with E-state index in [0.717, 1.165) is 5.39 Å². The van der Waals surface area contributed by atoms with Crippen LogP contribution in [0.4, 0.5) is 17.1 Å². The number of H-pyrrole nitrogens is 1. The van der Waals surface area contributed by atoms with Crippen LogP contribution < -0.4 is 16.4 Å². The van der Waals surface area contributed by atoms with Gasteiger partial charge in [0.05, 0.1) is 22.6 Å². The summed E-state index contributed by atoms with van der Waals surface area (Å²) in [5.74, 6) is -1.32. The molecule has 0 aliphatic carbocycles. The van der Waals surface area contributed by atoms with E-state index in [0.29, 0.717) is 47.4 Å². The molecule has 0 unspecified atom stereocenters. The van der Waals surface area contributed by atoms with Crippen LogP contribution in [0.1, 0.15) is 20.8 Å². The molecule has 194 valence electrons. The van der Waals surface area contributed by atoms with E-state index in [4.69, 9.17) is 5.53 Å². The number of aromatic amines is 1. The van der Waals surface area contributed by atoms with Gasteiger partial charge < -0.3 is 15.2 Å². The molecular formula is C25H16BrIN8O4. The molecule has 14 heteroatoms. The van der Waals surface area contributed by atoms with Gasteiger partial charge in [0.1, 0.15) is 5.69 Å². The highest BCUT2D eigenvalue weighted by Crippen LogP contribution is 2.31. The van der Waals surface area contributed by atoms with Crippen LogP contribution in [0.2, 0.25) is 0 Å². The highest BCUT2D eigenvalue weighted by molar-refractivity contribution is 14.1. The van der Waals surface area contributed by atoms with Crippen molar-refractivity contribution in [2.75, 3.05) is 10.6 Å². The zero-order valence-electron chi connectivity index (χ0n) is 19.9. The Labute approximate surface area is 241 Å². The number of azide groups is 1. The first kappa shape index (κ1) is 26.2. The summed E-state index contributed by atoms with van der Waals surface area (Å²) in [6.07, 6.45) is 0. The van der Waals surface area contributed by atoms with Crippen LogP contribution in [0.15, 0.2) is 79.6 Å². The zero-order valence-corrected chi connectivity index (χ0v) is 23.6. The van der Waals surface area contributed by atoms with E-state index in [1.54, 1.807) is 66.2 Å². The maximum absolute atomic E-state index is 13.4. The summed E-state index contributed by atoms with van der Waals surface area (Å²) in [5, 5.41) is 13.8. The number of halogens is 2. The van der Waals surface area contributed by atoms with Crippen LogP contribution in [0.5, 0.6) is 0 Å². The Morgan fingerprint density at radius 1 is 1.10 bits per heavy atom. The Morgan fingerprint density at radius 2 is 1.90 bits per heavy atom. The fourth-order valence-electron chi connectivity index (χ4n) is 4.06. The molecule has 0 bridgehead atoms. The molecule has 2 amide bonds. The van der Waals surface area contributed by atoms with E-state index in [1.165, 1.54) is 0 Å². The molecule has 12 nitrogen and oxygen atoms in total. The molecule has 3 aromatic carbocycles. The fraction of sp³-hybridized carbons (Fsp3) is 0.0400. The van der Waals surface area contributed by atoms with Crippen molar-refractivity contribution in [3.63, 3.8) is 0 Å². The number of nitrogens with zero attached hydrogens (tertiary/aromatic N) is 5. The Hall–Kier alpha value is -4.40. The topological polar surface area (TPSA) is 171 Å². The zero-order chi connectivity index (χ0) is 27.7. The van der Waals surface area contributed by atoms with Gasteiger partial charge in [-0.2, -0.15) is 0 Å². The van der Waals surface area contributed by atoms with Crippen molar-refractivity contribution < 1.29 is 14.1 Å². The number of nitrogens with one attached hydrogen (secondary N) is 3. The van der Waals surface area contributed by atoms with Gasteiger partial charge in [-0.3, -0.25) is 19.1 Å². The van der Waals surface area contributed by atoms with Crippen LogP contribution in [-0.2, 0) is 7.05 Å². The largest absolute Gasteiger partial charge is 0.439 e. The van der Waals surface area contributed by atoms with Crippen molar-refractivity contribution >= 4 is 78.3 Å². The SMILES string of the molecule is Cn1c(C(=O)Nc2ccc(Br)cc2-c2noc(=O)[nH]2)cc2cccc(NC(=O)c3ccc(N=[N+]=[N-])c(I)c3)c21. The van der Waals surface area contributed by atoms with Crippen LogP contribution in [-0.4, -0.2) is 26.5 Å². The van der Waals surface area contributed by atoms with E-state index >= 15 is 0 Å². The number of aromatic nitrogens is 3. The number of aryl methyl sites for hydroxylation is 1. The monoisotopic (exact) mass is 698 g/mol. The molecule has 39 heavy (non-hydrogen) atoms. The van der Waals surface area contributed by atoms with Gasteiger partial charge in [-0.25, -0.2) is 4.79 Å². The summed E-state index contributed by atoms with van der Waals surface area (Å²) in [6.45, 7) is 0. The van der Waals surface area contributed by atoms with Gasteiger partial charge in [0.2, 0.25) is 0 Å². The van der Waals surface area contributed by atoms with Gasteiger partial charge in [0.15, 0.2) is 5.82 Å². The van der Waals surface area contributed by atoms with E-state index < -0.39 is 11.7 Å². The standard InChI is InChI=1S/C25H16BrIN8O4/c1-35-20(24(37)29-17-8-6-14(26)11-15(17)22-31-25(38)39-33-22)10-12-3-2-4-19(21(12)35)30-23(36)13-5-7-18(32-34-28)16(27)9-13/h2-11H,1H3,(H,29,37)(H,30,36)(H,31,33,38). The van der Waals surface area contributed by atoms with E-state index in [2.05, 4.69) is 51.3 Å². The average Bonchev–Trinajstić information content (AvgIpc) is 3.50. The molecule has 0 aliphatic heterocycles. The van der Waals surface area contributed by atoms with Crippen LogP contribution in [0.25, 0.3) is 32.7 Å². The van der Waals surface area contributed by atoms with Gasteiger partial charge in [0, 0.05) is 36.5 Å². The lowest BCUT2D eigenvalue weighted by molar-refractivity contribution is 0.101. The van der Waals surface area contributed by atoms with Gasteiger partial charge in [0.25, 0.3) is 11.8 Å². The molecule has 3 N–H and O–H groups in total. The lowest BCUT2D eigenvalue weighted by Gasteiger charge is -2.12. The minimum Gasteiger partial charge on any atom is -0.338 e. The Bertz CT molecular complexity index is 1890. The molecule has 2 heterocycles. The van der Waals surface area contributed by atoms with Crippen molar-refractivity contribution in [1.29, 1.82) is 0 Å². The molecule has 5 aromatic rings. The lowest BCUT2D eigenvalue weighted by Crippen LogP contribution is -2.17.